The molecule has 0 atom stereocenters. The summed E-state index contributed by atoms with van der Waals surface area (Å²) in [4.78, 5) is 12.4. The molecule has 0 aromatic heterocycles. The number of ketones is 1. The Morgan fingerprint density at radius 2 is 1.81 bits per heavy atom. The van der Waals surface area contributed by atoms with Gasteiger partial charge in [-0.2, -0.15) is 0 Å². The maximum absolute atomic E-state index is 13.8. The van der Waals surface area contributed by atoms with Gasteiger partial charge in [0, 0.05) is 18.2 Å². The lowest BCUT2D eigenvalue weighted by atomic mass is 10.0. The van der Waals surface area contributed by atoms with E-state index >= 15 is 0 Å². The number of fused-ring (bicyclic) bond motifs is 2. The Morgan fingerprint density at radius 3 is 2.52 bits per heavy atom. The maximum Gasteiger partial charge on any atom is 0.264 e. The Bertz CT molecular complexity index is 880. The minimum Gasteiger partial charge on any atom is -0.288 e. The molecule has 0 bridgehead atoms. The number of nitrogens with zero attached hydrogens (tertiary/aromatic N) is 1. The van der Waals surface area contributed by atoms with E-state index in [-0.39, 0.29) is 25.3 Å². The van der Waals surface area contributed by atoms with Gasteiger partial charge in [0.1, 0.15) is 5.82 Å². The first-order valence-corrected chi connectivity index (χ1v) is 8.47. The molecule has 0 N–H and O–H groups in total. The van der Waals surface area contributed by atoms with E-state index in [4.69, 9.17) is 0 Å². The summed E-state index contributed by atoms with van der Waals surface area (Å²) >= 11 is 1.70. The van der Waals surface area contributed by atoms with E-state index in [2.05, 4.69) is 0 Å². The highest BCUT2D eigenvalue weighted by Crippen LogP contribution is 2.35. The summed E-state index contributed by atoms with van der Waals surface area (Å²) in [6.07, 6.45) is 0. The van der Waals surface area contributed by atoms with Gasteiger partial charge < -0.3 is 0 Å². The lowest BCUT2D eigenvalue weighted by Gasteiger charge is -2.19. The number of halogens is 2. The second-order valence-corrected chi connectivity index (χ2v) is 7.68. The molecule has 7 heteroatoms. The van der Waals surface area contributed by atoms with Crippen LogP contribution in [-0.2, 0) is 10.0 Å². The second kappa shape index (κ2) is 4.77. The molecule has 0 saturated carbocycles. The van der Waals surface area contributed by atoms with Gasteiger partial charge in [-0.25, -0.2) is 12.8 Å². The molecular formula is C14H9FINO3S. The van der Waals surface area contributed by atoms with Crippen molar-refractivity contribution < 1.29 is 17.6 Å². The quantitative estimate of drug-likeness (QED) is 0.620. The van der Waals surface area contributed by atoms with Crippen LogP contribution >= 0.6 is 22.6 Å². The number of benzene rings is 2. The van der Waals surface area contributed by atoms with E-state index in [1.54, 1.807) is 40.8 Å². The van der Waals surface area contributed by atoms with E-state index in [1.807, 2.05) is 0 Å². The van der Waals surface area contributed by atoms with Crippen LogP contribution in [0.25, 0.3) is 0 Å². The van der Waals surface area contributed by atoms with E-state index in [1.165, 1.54) is 19.2 Å². The average Bonchev–Trinajstić information content (AvgIpc) is 2.52. The molecule has 0 saturated heterocycles. The zero-order valence-electron chi connectivity index (χ0n) is 10.8. The molecule has 21 heavy (non-hydrogen) atoms. The molecule has 0 spiro atoms. The summed E-state index contributed by atoms with van der Waals surface area (Å²) in [5.74, 6) is -1.11. The van der Waals surface area contributed by atoms with Gasteiger partial charge in [-0.3, -0.25) is 9.10 Å². The molecule has 0 aliphatic carbocycles. The zero-order valence-corrected chi connectivity index (χ0v) is 13.8. The van der Waals surface area contributed by atoms with Crippen LogP contribution in [0.5, 0.6) is 0 Å². The van der Waals surface area contributed by atoms with Crippen molar-refractivity contribution in [2.75, 3.05) is 11.4 Å². The van der Waals surface area contributed by atoms with Gasteiger partial charge in [-0.15, -0.1) is 0 Å². The largest absolute Gasteiger partial charge is 0.288 e. The third-order valence-electron chi connectivity index (χ3n) is 3.39. The minimum atomic E-state index is -3.90. The number of hydrogen-bond acceptors (Lipinski definition) is 3. The van der Waals surface area contributed by atoms with Gasteiger partial charge in [-0.1, -0.05) is 12.1 Å². The number of hydrogen-bond donors (Lipinski definition) is 0. The molecule has 2 aromatic rings. The summed E-state index contributed by atoms with van der Waals surface area (Å²) in [7, 11) is -2.52. The molecule has 3 rings (SSSR count). The number of carbonyl (C=O) groups excluding carboxylic acids is 1. The fourth-order valence-corrected chi connectivity index (χ4v) is 4.37. The lowest BCUT2D eigenvalue weighted by Crippen LogP contribution is -2.26. The smallest absolute Gasteiger partial charge is 0.264 e. The van der Waals surface area contributed by atoms with Crippen LogP contribution in [0.2, 0.25) is 0 Å². The summed E-state index contributed by atoms with van der Waals surface area (Å²) in [5.41, 5.74) is 0.391. The number of rotatable bonds is 0. The molecule has 0 unspecified atom stereocenters. The predicted molar refractivity (Wildman–Crippen MR) is 84.6 cm³/mol. The van der Waals surface area contributed by atoms with E-state index in [9.17, 15) is 17.6 Å². The molecule has 4 nitrogen and oxygen atoms in total. The number of para-hydroxylation sites is 1. The number of anilines is 1. The van der Waals surface area contributed by atoms with E-state index in [0.29, 0.717) is 0 Å². The normalized spacial score (nSPS) is 16.1. The zero-order chi connectivity index (χ0) is 15.4. The maximum atomic E-state index is 13.8. The van der Waals surface area contributed by atoms with Gasteiger partial charge in [0.05, 0.1) is 14.2 Å². The van der Waals surface area contributed by atoms with Crippen LogP contribution in [0.4, 0.5) is 10.1 Å². The van der Waals surface area contributed by atoms with Gasteiger partial charge >= 0.3 is 0 Å². The van der Waals surface area contributed by atoms with Crippen molar-refractivity contribution in [3.63, 3.8) is 0 Å². The first-order valence-electron chi connectivity index (χ1n) is 5.95. The van der Waals surface area contributed by atoms with Crippen molar-refractivity contribution in [2.45, 2.75) is 4.90 Å². The highest BCUT2D eigenvalue weighted by atomic mass is 127. The monoisotopic (exact) mass is 417 g/mol. The van der Waals surface area contributed by atoms with E-state index in [0.717, 1.165) is 10.4 Å². The molecule has 0 fully saturated rings. The van der Waals surface area contributed by atoms with Crippen LogP contribution in [0.1, 0.15) is 15.9 Å². The van der Waals surface area contributed by atoms with Crippen molar-refractivity contribution in [3.05, 3.63) is 56.9 Å². The molecule has 0 radical (unpaired) electrons. The molecule has 108 valence electrons. The van der Waals surface area contributed by atoms with Crippen molar-refractivity contribution in [1.29, 1.82) is 0 Å². The van der Waals surface area contributed by atoms with Gasteiger partial charge in [0.2, 0.25) is 0 Å². The molecule has 0 amide bonds. The summed E-state index contributed by atoms with van der Waals surface area (Å²) in [6.45, 7) is 0. The van der Waals surface area contributed by atoms with Crippen LogP contribution in [0, 0.1) is 9.39 Å². The molecule has 1 aliphatic rings. The van der Waals surface area contributed by atoms with Crippen molar-refractivity contribution in [2.24, 2.45) is 0 Å². The van der Waals surface area contributed by atoms with Crippen molar-refractivity contribution in [3.8, 4) is 0 Å². The number of sulfonamides is 1. The lowest BCUT2D eigenvalue weighted by molar-refractivity contribution is 0.103. The topological polar surface area (TPSA) is 54.5 Å². The SMILES string of the molecule is CN1c2ccccc2C(=O)c2cc(F)c(I)cc2S1(=O)=O. The highest BCUT2D eigenvalue weighted by molar-refractivity contribution is 14.1. The molecule has 2 aromatic carbocycles. The Balaban J connectivity index is 2.46. The third-order valence-corrected chi connectivity index (χ3v) is 6.03. The van der Waals surface area contributed by atoms with Crippen LogP contribution in [-0.4, -0.2) is 21.2 Å². The van der Waals surface area contributed by atoms with Crippen LogP contribution in [0.3, 0.4) is 0 Å². The minimum absolute atomic E-state index is 0.135. The Kier molecular flexibility index (Phi) is 3.28. The fourth-order valence-electron chi connectivity index (χ4n) is 2.28. The summed E-state index contributed by atoms with van der Waals surface area (Å²) in [6, 6.07) is 8.57. The van der Waals surface area contributed by atoms with Crippen LogP contribution < -0.4 is 4.31 Å². The molecular weight excluding hydrogens is 408 g/mol. The van der Waals surface area contributed by atoms with E-state index < -0.39 is 21.6 Å². The first kappa shape index (κ1) is 14.5. The van der Waals surface area contributed by atoms with Gasteiger partial charge in [-0.05, 0) is 46.9 Å². The average molecular weight is 417 g/mol. The van der Waals surface area contributed by atoms with Gasteiger partial charge in [0.15, 0.2) is 5.78 Å². The summed E-state index contributed by atoms with van der Waals surface area (Å²) in [5, 5.41) is 0. The predicted octanol–water partition coefficient (Wildman–Crippen LogP) is 2.80. The Labute approximate surface area is 134 Å². The molecule has 1 aliphatic heterocycles. The van der Waals surface area contributed by atoms with Crippen molar-refractivity contribution in [1.82, 2.24) is 0 Å². The third kappa shape index (κ3) is 2.06. The first-order chi connectivity index (χ1) is 9.84. The van der Waals surface area contributed by atoms with Crippen LogP contribution in [0.15, 0.2) is 41.3 Å². The molecule has 1 heterocycles. The highest BCUT2D eigenvalue weighted by Gasteiger charge is 2.34. The van der Waals surface area contributed by atoms with Crippen molar-refractivity contribution >= 4 is 44.1 Å². The standard InChI is InChI=1S/C14H9FINO3S/c1-17-12-5-3-2-4-8(12)14(18)9-6-10(15)11(16)7-13(9)21(17,19)20/h2-7H,1H3. The number of carbonyl (C=O) groups is 1. The summed E-state index contributed by atoms with van der Waals surface area (Å²) < 4.78 is 40.3. The Morgan fingerprint density at radius 1 is 1.14 bits per heavy atom. The Hall–Kier alpha value is -1.48. The second-order valence-electron chi connectivity index (χ2n) is 4.58. The van der Waals surface area contributed by atoms with Gasteiger partial charge in [0.25, 0.3) is 10.0 Å². The fraction of sp³-hybridized carbons (Fsp3) is 0.0714.